The van der Waals surface area contributed by atoms with E-state index in [1.807, 2.05) is 0 Å². The van der Waals surface area contributed by atoms with Crippen LogP contribution in [0.2, 0.25) is 5.15 Å². The molecule has 0 atom stereocenters. The molecule has 2 aromatic heterocycles. The summed E-state index contributed by atoms with van der Waals surface area (Å²) in [5.41, 5.74) is 0.678. The third-order valence-corrected chi connectivity index (χ3v) is 6.21. The molecule has 0 spiro atoms. The molecule has 2 aromatic rings. The van der Waals surface area contributed by atoms with E-state index in [2.05, 4.69) is 30.6 Å². The maximum Gasteiger partial charge on any atom is 0.243 e. The number of hydrogen-bond donors (Lipinski definition) is 1. The molecule has 25 heavy (non-hydrogen) atoms. The van der Waals surface area contributed by atoms with Crippen LogP contribution in [0.15, 0.2) is 40.0 Å². The summed E-state index contributed by atoms with van der Waals surface area (Å²) < 4.78 is 34.0. The van der Waals surface area contributed by atoms with Crippen LogP contribution < -0.4 is 9.46 Å². The molecule has 1 aliphatic rings. The van der Waals surface area contributed by atoms with Crippen molar-refractivity contribution in [1.29, 1.82) is 0 Å². The van der Waals surface area contributed by atoms with Crippen molar-refractivity contribution in [1.82, 2.24) is 14.7 Å². The standard InChI is InChI=1S/C16H17BrClN3O3S/c17-12-8-14(15(18)20-10-12)25(22,23)21-9-11-4-3-7-19-16(11)24-13-5-1-2-6-13/h3-4,7-8,10,13,21H,1-2,5-6,9H2. The molecule has 0 aliphatic heterocycles. The molecule has 9 heteroatoms. The van der Waals surface area contributed by atoms with E-state index in [4.69, 9.17) is 16.3 Å². The molecule has 0 bridgehead atoms. The number of hydrogen-bond acceptors (Lipinski definition) is 5. The van der Waals surface area contributed by atoms with E-state index >= 15 is 0 Å². The second kappa shape index (κ2) is 7.99. The minimum absolute atomic E-state index is 0.0566. The zero-order valence-electron chi connectivity index (χ0n) is 13.3. The molecule has 134 valence electrons. The molecule has 0 radical (unpaired) electrons. The quantitative estimate of drug-likeness (QED) is 0.684. The molecule has 1 fully saturated rings. The maximum absolute atomic E-state index is 12.5. The van der Waals surface area contributed by atoms with Crippen molar-refractivity contribution in [2.75, 3.05) is 0 Å². The Morgan fingerprint density at radius 2 is 2.08 bits per heavy atom. The zero-order chi connectivity index (χ0) is 17.9. The summed E-state index contributed by atoms with van der Waals surface area (Å²) in [4.78, 5) is 8.01. The summed E-state index contributed by atoms with van der Waals surface area (Å²) in [6.07, 6.45) is 7.52. The summed E-state index contributed by atoms with van der Waals surface area (Å²) in [7, 11) is -3.81. The lowest BCUT2D eigenvalue weighted by molar-refractivity contribution is 0.199. The molecule has 2 heterocycles. The van der Waals surface area contributed by atoms with E-state index in [0.717, 1.165) is 25.7 Å². The number of ether oxygens (including phenoxy) is 1. The predicted octanol–water partition coefficient (Wildman–Crippen LogP) is 3.69. The Balaban J connectivity index is 1.75. The van der Waals surface area contributed by atoms with Gasteiger partial charge in [-0.25, -0.2) is 23.1 Å². The third kappa shape index (κ3) is 4.69. The van der Waals surface area contributed by atoms with Crippen LogP contribution in [0.5, 0.6) is 5.88 Å². The van der Waals surface area contributed by atoms with Crippen LogP contribution in [0.3, 0.4) is 0 Å². The predicted molar refractivity (Wildman–Crippen MR) is 98.1 cm³/mol. The third-order valence-electron chi connectivity index (χ3n) is 3.95. The molecular formula is C16H17BrClN3O3S. The number of nitrogens with zero attached hydrogens (tertiary/aromatic N) is 2. The molecule has 6 nitrogen and oxygen atoms in total. The van der Waals surface area contributed by atoms with Crippen molar-refractivity contribution in [2.24, 2.45) is 0 Å². The van der Waals surface area contributed by atoms with E-state index < -0.39 is 10.0 Å². The molecule has 3 rings (SSSR count). The van der Waals surface area contributed by atoms with Gasteiger partial charge in [-0.05, 0) is 53.7 Å². The van der Waals surface area contributed by atoms with Crippen LogP contribution in [0.1, 0.15) is 31.2 Å². The number of sulfonamides is 1. The SMILES string of the molecule is O=S(=O)(NCc1cccnc1OC1CCCC1)c1cc(Br)cnc1Cl. The van der Waals surface area contributed by atoms with Crippen molar-refractivity contribution in [2.45, 2.75) is 43.2 Å². The van der Waals surface area contributed by atoms with Crippen LogP contribution >= 0.6 is 27.5 Å². The molecule has 0 aromatic carbocycles. The van der Waals surface area contributed by atoms with Gasteiger partial charge in [-0.15, -0.1) is 0 Å². The summed E-state index contributed by atoms with van der Waals surface area (Å²) >= 11 is 9.12. The summed E-state index contributed by atoms with van der Waals surface area (Å²) in [5, 5.41) is -0.0793. The fourth-order valence-corrected chi connectivity index (χ4v) is 4.62. The zero-order valence-corrected chi connectivity index (χ0v) is 16.4. The van der Waals surface area contributed by atoms with Gasteiger partial charge < -0.3 is 4.74 Å². The Morgan fingerprint density at radius 3 is 2.84 bits per heavy atom. The Morgan fingerprint density at radius 1 is 1.32 bits per heavy atom. The second-order valence-electron chi connectivity index (χ2n) is 5.76. The van der Waals surface area contributed by atoms with Crippen LogP contribution in [0.4, 0.5) is 0 Å². The van der Waals surface area contributed by atoms with E-state index in [1.165, 1.54) is 12.3 Å². The molecule has 0 unspecified atom stereocenters. The van der Waals surface area contributed by atoms with Gasteiger partial charge in [-0.3, -0.25) is 0 Å². The van der Waals surface area contributed by atoms with Gasteiger partial charge in [0.15, 0.2) is 0 Å². The Bertz CT molecular complexity index is 857. The molecule has 0 saturated heterocycles. The van der Waals surface area contributed by atoms with E-state index in [-0.39, 0.29) is 22.7 Å². The van der Waals surface area contributed by atoms with Crippen molar-refractivity contribution >= 4 is 37.6 Å². The normalized spacial score (nSPS) is 15.4. The van der Waals surface area contributed by atoms with Crippen LogP contribution in [0.25, 0.3) is 0 Å². The van der Waals surface area contributed by atoms with Crippen molar-refractivity contribution in [3.05, 3.63) is 45.8 Å². The first-order valence-electron chi connectivity index (χ1n) is 7.87. The van der Waals surface area contributed by atoms with Crippen molar-refractivity contribution < 1.29 is 13.2 Å². The van der Waals surface area contributed by atoms with Crippen LogP contribution in [0, 0.1) is 0 Å². The molecule has 1 N–H and O–H groups in total. The van der Waals surface area contributed by atoms with E-state index in [1.54, 1.807) is 18.3 Å². The highest BCUT2D eigenvalue weighted by Crippen LogP contribution is 2.26. The first kappa shape index (κ1) is 18.6. The largest absolute Gasteiger partial charge is 0.474 e. The molecule has 1 saturated carbocycles. The number of pyridine rings is 2. The highest BCUT2D eigenvalue weighted by Gasteiger charge is 2.22. The van der Waals surface area contributed by atoms with E-state index in [9.17, 15) is 8.42 Å². The highest BCUT2D eigenvalue weighted by atomic mass is 79.9. The highest BCUT2D eigenvalue weighted by molar-refractivity contribution is 9.10. The number of halogens is 2. The molecular weight excluding hydrogens is 430 g/mol. The van der Waals surface area contributed by atoms with Gasteiger partial charge in [0.2, 0.25) is 15.9 Å². The fourth-order valence-electron chi connectivity index (χ4n) is 2.67. The average Bonchev–Trinajstić information content (AvgIpc) is 3.09. The van der Waals surface area contributed by atoms with E-state index in [0.29, 0.717) is 15.9 Å². The fraction of sp³-hybridized carbons (Fsp3) is 0.375. The molecule has 0 amide bonds. The minimum atomic E-state index is -3.81. The first-order chi connectivity index (χ1) is 12.0. The Labute approximate surface area is 160 Å². The Kier molecular flexibility index (Phi) is 5.93. The summed E-state index contributed by atoms with van der Waals surface area (Å²) in [6, 6.07) is 4.95. The second-order valence-corrected chi connectivity index (χ2v) is 8.77. The van der Waals surface area contributed by atoms with Crippen molar-refractivity contribution in [3.63, 3.8) is 0 Å². The lowest BCUT2D eigenvalue weighted by atomic mass is 10.2. The van der Waals surface area contributed by atoms with Crippen LogP contribution in [-0.2, 0) is 16.6 Å². The average molecular weight is 447 g/mol. The van der Waals surface area contributed by atoms with Gasteiger partial charge in [0.1, 0.15) is 16.2 Å². The van der Waals surface area contributed by atoms with Gasteiger partial charge >= 0.3 is 0 Å². The minimum Gasteiger partial charge on any atom is -0.474 e. The first-order valence-corrected chi connectivity index (χ1v) is 10.5. The summed E-state index contributed by atoms with van der Waals surface area (Å²) in [5.74, 6) is 0.468. The molecule has 1 aliphatic carbocycles. The summed E-state index contributed by atoms with van der Waals surface area (Å²) in [6.45, 7) is 0.0566. The van der Waals surface area contributed by atoms with Crippen molar-refractivity contribution in [3.8, 4) is 5.88 Å². The lowest BCUT2D eigenvalue weighted by Gasteiger charge is -2.15. The van der Waals surface area contributed by atoms with Crippen LogP contribution in [-0.4, -0.2) is 24.5 Å². The number of rotatable bonds is 6. The number of aromatic nitrogens is 2. The van der Waals surface area contributed by atoms with Gasteiger partial charge in [0, 0.05) is 29.0 Å². The lowest BCUT2D eigenvalue weighted by Crippen LogP contribution is -2.24. The number of nitrogens with one attached hydrogen (secondary N) is 1. The smallest absolute Gasteiger partial charge is 0.243 e. The Hall–Kier alpha value is -1.22. The van der Waals surface area contributed by atoms with Gasteiger partial charge in [-0.1, -0.05) is 17.7 Å². The topological polar surface area (TPSA) is 81.2 Å². The van der Waals surface area contributed by atoms with Gasteiger partial charge in [0.25, 0.3) is 0 Å². The maximum atomic E-state index is 12.5. The van der Waals surface area contributed by atoms with Gasteiger partial charge in [-0.2, -0.15) is 0 Å². The van der Waals surface area contributed by atoms with Gasteiger partial charge in [0.05, 0.1) is 0 Å². The monoisotopic (exact) mass is 445 g/mol.